The summed E-state index contributed by atoms with van der Waals surface area (Å²) in [5.74, 6) is 0.958. The zero-order valence-corrected chi connectivity index (χ0v) is 13.4. The van der Waals surface area contributed by atoms with Crippen LogP contribution in [0, 0.1) is 3.77 Å². The molecular weight excluding hydrogens is 367 g/mol. The molecule has 0 saturated heterocycles. The molecular formula is C15H17IN2O2. The molecule has 1 amide bonds. The molecule has 0 atom stereocenters. The second kappa shape index (κ2) is 7.33. The third-order valence-electron chi connectivity index (χ3n) is 2.79. The van der Waals surface area contributed by atoms with Crippen molar-refractivity contribution in [2.75, 3.05) is 11.9 Å². The zero-order chi connectivity index (χ0) is 14.4. The summed E-state index contributed by atoms with van der Waals surface area (Å²) in [6, 6.07) is 11.8. The van der Waals surface area contributed by atoms with Gasteiger partial charge in [-0.15, -0.1) is 0 Å². The summed E-state index contributed by atoms with van der Waals surface area (Å²) in [5.41, 5.74) is 2.02. The van der Waals surface area contributed by atoms with Crippen LogP contribution < -0.4 is 10.6 Å². The molecule has 1 heterocycles. The maximum atomic E-state index is 11.5. The molecule has 0 radical (unpaired) electrons. The van der Waals surface area contributed by atoms with Gasteiger partial charge in [0.05, 0.1) is 13.0 Å². The van der Waals surface area contributed by atoms with E-state index in [1.807, 2.05) is 43.3 Å². The van der Waals surface area contributed by atoms with Gasteiger partial charge in [-0.05, 0) is 59.3 Å². The van der Waals surface area contributed by atoms with Crippen molar-refractivity contribution in [1.29, 1.82) is 0 Å². The van der Waals surface area contributed by atoms with E-state index in [9.17, 15) is 4.79 Å². The van der Waals surface area contributed by atoms with Crippen molar-refractivity contribution in [2.45, 2.75) is 19.9 Å². The summed E-state index contributed by atoms with van der Waals surface area (Å²) in [5, 5.41) is 6.07. The molecule has 0 spiro atoms. The third kappa shape index (κ3) is 4.56. The highest BCUT2D eigenvalue weighted by atomic mass is 127. The van der Waals surface area contributed by atoms with Gasteiger partial charge in [-0.1, -0.05) is 12.1 Å². The summed E-state index contributed by atoms with van der Waals surface area (Å²) in [6.07, 6.45) is 0.421. The van der Waals surface area contributed by atoms with Crippen molar-refractivity contribution in [3.05, 3.63) is 51.5 Å². The van der Waals surface area contributed by atoms with Gasteiger partial charge in [0.25, 0.3) is 0 Å². The number of halogens is 1. The van der Waals surface area contributed by atoms with Crippen molar-refractivity contribution < 1.29 is 9.21 Å². The van der Waals surface area contributed by atoms with Crippen LogP contribution in [0.3, 0.4) is 0 Å². The Bertz CT molecular complexity index is 564. The number of benzene rings is 1. The SMILES string of the molecule is CCNC(=O)Cc1ccc(NCc2ccc(I)o2)cc1. The van der Waals surface area contributed by atoms with Gasteiger partial charge < -0.3 is 15.1 Å². The van der Waals surface area contributed by atoms with Crippen molar-refractivity contribution in [3.63, 3.8) is 0 Å². The first-order chi connectivity index (χ1) is 9.67. The van der Waals surface area contributed by atoms with Gasteiger partial charge in [0.2, 0.25) is 5.91 Å². The number of nitrogens with one attached hydrogen (secondary N) is 2. The number of hydrogen-bond donors (Lipinski definition) is 2. The Kier molecular flexibility index (Phi) is 5.46. The highest BCUT2D eigenvalue weighted by molar-refractivity contribution is 14.1. The van der Waals surface area contributed by atoms with Gasteiger partial charge in [0.1, 0.15) is 5.76 Å². The highest BCUT2D eigenvalue weighted by Gasteiger charge is 2.03. The van der Waals surface area contributed by atoms with Crippen LogP contribution in [0.25, 0.3) is 0 Å². The summed E-state index contributed by atoms with van der Waals surface area (Å²) in [4.78, 5) is 11.5. The molecule has 1 aromatic heterocycles. The van der Waals surface area contributed by atoms with Crippen LogP contribution in [-0.2, 0) is 17.8 Å². The van der Waals surface area contributed by atoms with Crippen LogP contribution in [0.2, 0.25) is 0 Å². The fraction of sp³-hybridized carbons (Fsp3) is 0.267. The number of rotatable bonds is 6. The lowest BCUT2D eigenvalue weighted by atomic mass is 10.1. The van der Waals surface area contributed by atoms with Gasteiger partial charge in [-0.25, -0.2) is 0 Å². The molecule has 2 N–H and O–H groups in total. The van der Waals surface area contributed by atoms with Gasteiger partial charge in [-0.3, -0.25) is 4.79 Å². The molecule has 4 nitrogen and oxygen atoms in total. The summed E-state index contributed by atoms with van der Waals surface area (Å²) >= 11 is 2.14. The molecule has 0 bridgehead atoms. The predicted molar refractivity (Wildman–Crippen MR) is 87.6 cm³/mol. The van der Waals surface area contributed by atoms with E-state index in [-0.39, 0.29) is 5.91 Å². The average Bonchev–Trinajstić information content (AvgIpc) is 2.84. The van der Waals surface area contributed by atoms with Gasteiger partial charge in [-0.2, -0.15) is 0 Å². The fourth-order valence-corrected chi connectivity index (χ4v) is 2.28. The van der Waals surface area contributed by atoms with E-state index < -0.39 is 0 Å². The van der Waals surface area contributed by atoms with Crippen LogP contribution in [-0.4, -0.2) is 12.5 Å². The van der Waals surface area contributed by atoms with Crippen molar-refractivity contribution >= 4 is 34.2 Å². The number of amides is 1. The lowest BCUT2D eigenvalue weighted by molar-refractivity contribution is -0.120. The van der Waals surface area contributed by atoms with Gasteiger partial charge >= 0.3 is 0 Å². The van der Waals surface area contributed by atoms with Crippen molar-refractivity contribution in [3.8, 4) is 0 Å². The van der Waals surface area contributed by atoms with Crippen molar-refractivity contribution in [2.24, 2.45) is 0 Å². The Morgan fingerprint density at radius 3 is 2.55 bits per heavy atom. The number of furan rings is 1. The minimum Gasteiger partial charge on any atom is -0.454 e. The van der Waals surface area contributed by atoms with E-state index in [0.29, 0.717) is 19.5 Å². The van der Waals surface area contributed by atoms with Crippen LogP contribution in [0.1, 0.15) is 18.2 Å². The molecule has 0 unspecified atom stereocenters. The van der Waals surface area contributed by atoms with E-state index in [1.54, 1.807) is 0 Å². The van der Waals surface area contributed by atoms with E-state index in [2.05, 4.69) is 33.2 Å². The molecule has 5 heteroatoms. The summed E-state index contributed by atoms with van der Waals surface area (Å²) < 4.78 is 6.37. The number of hydrogen-bond acceptors (Lipinski definition) is 3. The molecule has 0 saturated carbocycles. The lowest BCUT2D eigenvalue weighted by Gasteiger charge is -2.06. The van der Waals surface area contributed by atoms with Crippen molar-refractivity contribution in [1.82, 2.24) is 5.32 Å². The zero-order valence-electron chi connectivity index (χ0n) is 11.3. The van der Waals surface area contributed by atoms with E-state index in [0.717, 1.165) is 20.8 Å². The van der Waals surface area contributed by atoms with Crippen LogP contribution >= 0.6 is 22.6 Å². The molecule has 1 aromatic carbocycles. The second-order valence-electron chi connectivity index (χ2n) is 4.39. The molecule has 20 heavy (non-hydrogen) atoms. The smallest absolute Gasteiger partial charge is 0.224 e. The molecule has 0 aliphatic heterocycles. The average molecular weight is 384 g/mol. The first-order valence-corrected chi connectivity index (χ1v) is 7.59. The molecule has 0 fully saturated rings. The Morgan fingerprint density at radius 2 is 1.95 bits per heavy atom. The standard InChI is InChI=1S/C15H17IN2O2/c1-2-17-15(19)9-11-3-5-12(6-4-11)18-10-13-7-8-14(16)20-13/h3-8,18H,2,9-10H2,1H3,(H,17,19). The topological polar surface area (TPSA) is 54.3 Å². The second-order valence-corrected chi connectivity index (χ2v) is 5.45. The van der Waals surface area contributed by atoms with Crippen LogP contribution in [0.4, 0.5) is 5.69 Å². The minimum absolute atomic E-state index is 0.0540. The van der Waals surface area contributed by atoms with E-state index in [4.69, 9.17) is 4.42 Å². The van der Waals surface area contributed by atoms with Crippen LogP contribution in [0.15, 0.2) is 40.8 Å². The normalized spacial score (nSPS) is 10.3. The van der Waals surface area contributed by atoms with E-state index >= 15 is 0 Å². The largest absolute Gasteiger partial charge is 0.454 e. The van der Waals surface area contributed by atoms with Crippen LogP contribution in [0.5, 0.6) is 0 Å². The quantitative estimate of drug-likeness (QED) is 0.753. The highest BCUT2D eigenvalue weighted by Crippen LogP contribution is 2.14. The molecule has 2 aromatic rings. The Hall–Kier alpha value is -1.50. The van der Waals surface area contributed by atoms with E-state index in [1.165, 1.54) is 0 Å². The Morgan fingerprint density at radius 1 is 1.20 bits per heavy atom. The summed E-state index contributed by atoms with van der Waals surface area (Å²) in [6.45, 7) is 3.24. The fourth-order valence-electron chi connectivity index (χ4n) is 1.82. The number of likely N-dealkylation sites (N-methyl/N-ethyl adjacent to an activating group) is 1. The van der Waals surface area contributed by atoms with Gasteiger partial charge in [0.15, 0.2) is 3.77 Å². The molecule has 0 aliphatic carbocycles. The molecule has 0 aliphatic rings. The monoisotopic (exact) mass is 384 g/mol. The first kappa shape index (κ1) is 14.9. The maximum Gasteiger partial charge on any atom is 0.224 e. The maximum absolute atomic E-state index is 11.5. The number of carbonyl (C=O) groups excluding carboxylic acids is 1. The Balaban J connectivity index is 1.86. The minimum atomic E-state index is 0.0540. The molecule has 106 valence electrons. The molecule has 2 rings (SSSR count). The third-order valence-corrected chi connectivity index (χ3v) is 3.37. The number of carbonyl (C=O) groups is 1. The predicted octanol–water partition coefficient (Wildman–Crippen LogP) is 3.17. The number of anilines is 1. The lowest BCUT2D eigenvalue weighted by Crippen LogP contribution is -2.24. The Labute approximate surface area is 132 Å². The summed E-state index contributed by atoms with van der Waals surface area (Å²) in [7, 11) is 0. The first-order valence-electron chi connectivity index (χ1n) is 6.51. The van der Waals surface area contributed by atoms with Gasteiger partial charge in [0, 0.05) is 12.2 Å².